The molecular weight excluding hydrogens is 390 g/mol. The number of carbonyl (C=O) groups excluding carboxylic acids is 1. The van der Waals surface area contributed by atoms with Gasteiger partial charge in [-0.25, -0.2) is 17.7 Å². The summed E-state index contributed by atoms with van der Waals surface area (Å²) >= 11 is 0. The molecule has 1 N–H and O–H groups in total. The molecule has 7 nitrogen and oxygen atoms in total. The Hall–Kier alpha value is -2.97. The van der Waals surface area contributed by atoms with Crippen LogP contribution in [0.15, 0.2) is 51.8 Å². The van der Waals surface area contributed by atoms with Crippen LogP contribution < -0.4 is 5.32 Å². The highest BCUT2D eigenvalue weighted by molar-refractivity contribution is 7.89. The molecule has 0 fully saturated rings. The number of aromatic nitrogens is 1. The molecule has 0 bridgehead atoms. The number of hydrogen-bond acceptors (Lipinski definition) is 5. The van der Waals surface area contributed by atoms with Gasteiger partial charge in [-0.3, -0.25) is 4.79 Å². The first-order chi connectivity index (χ1) is 13.6. The van der Waals surface area contributed by atoms with E-state index in [-0.39, 0.29) is 10.6 Å². The number of nitrogens with one attached hydrogen (secondary N) is 1. The molecular formula is C21H23N3O4S. The first kappa shape index (κ1) is 20.8. The fourth-order valence-electron chi connectivity index (χ4n) is 2.81. The van der Waals surface area contributed by atoms with E-state index in [1.54, 1.807) is 19.9 Å². The van der Waals surface area contributed by atoms with Crippen molar-refractivity contribution >= 4 is 21.6 Å². The van der Waals surface area contributed by atoms with Crippen LogP contribution in [0, 0.1) is 20.8 Å². The number of hydrogen-bond donors (Lipinski definition) is 1. The minimum Gasteiger partial charge on any atom is -0.441 e. The van der Waals surface area contributed by atoms with E-state index in [0.717, 1.165) is 21.0 Å². The Labute approximate surface area is 170 Å². The second-order valence-corrected chi connectivity index (χ2v) is 9.10. The van der Waals surface area contributed by atoms with E-state index in [2.05, 4.69) is 10.3 Å². The van der Waals surface area contributed by atoms with Gasteiger partial charge in [0.25, 0.3) is 5.91 Å². The van der Waals surface area contributed by atoms with E-state index in [4.69, 9.17) is 4.42 Å². The third-order valence-corrected chi connectivity index (χ3v) is 6.49. The van der Waals surface area contributed by atoms with Gasteiger partial charge in [0.15, 0.2) is 5.69 Å². The maximum atomic E-state index is 12.8. The van der Waals surface area contributed by atoms with Crippen molar-refractivity contribution < 1.29 is 17.6 Å². The van der Waals surface area contributed by atoms with Crippen LogP contribution in [0.2, 0.25) is 0 Å². The quantitative estimate of drug-likeness (QED) is 0.687. The van der Waals surface area contributed by atoms with Crippen molar-refractivity contribution in [2.45, 2.75) is 25.7 Å². The van der Waals surface area contributed by atoms with E-state index in [1.165, 1.54) is 20.2 Å². The van der Waals surface area contributed by atoms with Gasteiger partial charge >= 0.3 is 0 Å². The lowest BCUT2D eigenvalue weighted by Crippen LogP contribution is -2.23. The Morgan fingerprint density at radius 3 is 2.34 bits per heavy atom. The van der Waals surface area contributed by atoms with Crippen LogP contribution in [0.5, 0.6) is 0 Å². The summed E-state index contributed by atoms with van der Waals surface area (Å²) in [4.78, 5) is 17.3. The van der Waals surface area contributed by atoms with Crippen LogP contribution in [0.1, 0.15) is 27.4 Å². The topological polar surface area (TPSA) is 92.5 Å². The molecule has 0 atom stereocenters. The third kappa shape index (κ3) is 4.08. The molecule has 0 radical (unpaired) electrons. The molecule has 1 aromatic heterocycles. The highest BCUT2D eigenvalue weighted by Gasteiger charge is 2.22. The minimum absolute atomic E-state index is 0.114. The monoisotopic (exact) mass is 413 g/mol. The highest BCUT2D eigenvalue weighted by Crippen LogP contribution is 2.27. The molecule has 0 saturated carbocycles. The summed E-state index contributed by atoms with van der Waals surface area (Å²) in [7, 11) is -0.701. The van der Waals surface area contributed by atoms with Crippen LogP contribution in [-0.2, 0) is 10.0 Å². The van der Waals surface area contributed by atoms with E-state index in [0.29, 0.717) is 17.3 Å². The molecule has 0 aliphatic rings. The summed E-state index contributed by atoms with van der Waals surface area (Å²) < 4.78 is 31.8. The van der Waals surface area contributed by atoms with E-state index < -0.39 is 15.9 Å². The smallest absolute Gasteiger partial charge is 0.277 e. The van der Waals surface area contributed by atoms with Crippen LogP contribution in [0.4, 0.5) is 5.69 Å². The first-order valence-corrected chi connectivity index (χ1v) is 10.4. The Morgan fingerprint density at radius 2 is 1.72 bits per heavy atom. The van der Waals surface area contributed by atoms with E-state index in [1.807, 2.05) is 37.3 Å². The fraction of sp³-hybridized carbons (Fsp3) is 0.238. The van der Waals surface area contributed by atoms with Crippen molar-refractivity contribution in [2.24, 2.45) is 0 Å². The number of aryl methyl sites for hydroxylation is 2. The van der Waals surface area contributed by atoms with Crippen LogP contribution >= 0.6 is 0 Å². The van der Waals surface area contributed by atoms with Gasteiger partial charge in [0, 0.05) is 25.3 Å². The number of amides is 1. The molecule has 1 heterocycles. The Morgan fingerprint density at radius 1 is 1.07 bits per heavy atom. The first-order valence-electron chi connectivity index (χ1n) is 8.99. The van der Waals surface area contributed by atoms with Gasteiger partial charge in [0.1, 0.15) is 5.76 Å². The largest absolute Gasteiger partial charge is 0.441 e. The molecule has 0 aliphatic heterocycles. The zero-order chi connectivity index (χ0) is 21.3. The lowest BCUT2D eigenvalue weighted by atomic mass is 10.1. The van der Waals surface area contributed by atoms with Crippen molar-refractivity contribution in [3.63, 3.8) is 0 Å². The fourth-order valence-corrected chi connectivity index (χ4v) is 3.82. The second-order valence-electron chi connectivity index (χ2n) is 6.94. The van der Waals surface area contributed by atoms with Crippen molar-refractivity contribution in [2.75, 3.05) is 19.4 Å². The number of sulfonamides is 1. The summed E-state index contributed by atoms with van der Waals surface area (Å²) in [5.41, 5.74) is 2.87. The van der Waals surface area contributed by atoms with Crippen LogP contribution in [0.3, 0.4) is 0 Å². The molecule has 152 valence electrons. The van der Waals surface area contributed by atoms with E-state index in [9.17, 15) is 13.2 Å². The molecule has 3 rings (SSSR count). The van der Waals surface area contributed by atoms with Gasteiger partial charge in [-0.15, -0.1) is 0 Å². The summed E-state index contributed by atoms with van der Waals surface area (Å²) in [5.74, 6) is 0.271. The van der Waals surface area contributed by atoms with Gasteiger partial charge in [-0.1, -0.05) is 18.2 Å². The van der Waals surface area contributed by atoms with Gasteiger partial charge in [0.2, 0.25) is 15.9 Å². The summed E-state index contributed by atoms with van der Waals surface area (Å²) in [6, 6.07) is 12.3. The molecule has 2 aromatic carbocycles. The lowest BCUT2D eigenvalue weighted by Gasteiger charge is -2.16. The SMILES string of the molecule is Cc1cc(S(=O)(=O)N(C)C)cc(NC(=O)c2nc(-c3ccccc3)oc2C)c1C. The number of oxazole rings is 1. The maximum absolute atomic E-state index is 12.8. The normalized spacial score (nSPS) is 11.7. The number of carbonyl (C=O) groups is 1. The average molecular weight is 413 g/mol. The van der Waals surface area contributed by atoms with Gasteiger partial charge in [-0.05, 0) is 56.2 Å². The summed E-state index contributed by atoms with van der Waals surface area (Å²) in [5, 5.41) is 2.78. The number of nitrogens with zero attached hydrogens (tertiary/aromatic N) is 2. The molecule has 29 heavy (non-hydrogen) atoms. The van der Waals surface area contributed by atoms with Gasteiger partial charge < -0.3 is 9.73 Å². The predicted octanol–water partition coefficient (Wildman–Crippen LogP) is 3.77. The van der Waals surface area contributed by atoms with Crippen LogP contribution in [0.25, 0.3) is 11.5 Å². The van der Waals surface area contributed by atoms with Gasteiger partial charge in [0.05, 0.1) is 4.90 Å². The maximum Gasteiger partial charge on any atom is 0.277 e. The molecule has 1 amide bonds. The van der Waals surface area contributed by atoms with E-state index >= 15 is 0 Å². The molecule has 0 unspecified atom stereocenters. The highest BCUT2D eigenvalue weighted by atomic mass is 32.2. The predicted molar refractivity (Wildman–Crippen MR) is 111 cm³/mol. The standard InChI is InChI=1S/C21H23N3O4S/c1-13-11-17(29(26,27)24(4)5)12-18(14(13)2)22-20(25)19-15(3)28-21(23-19)16-9-7-6-8-10-16/h6-12H,1-5H3,(H,22,25). The summed E-state index contributed by atoms with van der Waals surface area (Å²) in [6.45, 7) is 5.29. The van der Waals surface area contributed by atoms with Crippen molar-refractivity contribution in [1.29, 1.82) is 0 Å². The number of anilines is 1. The minimum atomic E-state index is -3.63. The zero-order valence-electron chi connectivity index (χ0n) is 17.0. The Balaban J connectivity index is 1.96. The molecule has 3 aromatic rings. The zero-order valence-corrected chi connectivity index (χ0v) is 17.8. The van der Waals surface area contributed by atoms with Crippen LogP contribution in [-0.4, -0.2) is 37.7 Å². The molecule has 0 saturated heterocycles. The second kappa shape index (κ2) is 7.81. The average Bonchev–Trinajstić information content (AvgIpc) is 3.07. The Kier molecular flexibility index (Phi) is 5.59. The number of rotatable bonds is 5. The molecule has 0 aliphatic carbocycles. The lowest BCUT2D eigenvalue weighted by molar-refractivity contribution is 0.102. The summed E-state index contributed by atoms with van der Waals surface area (Å²) in [6.07, 6.45) is 0. The van der Waals surface area contributed by atoms with Crippen molar-refractivity contribution in [3.05, 3.63) is 65.0 Å². The number of benzene rings is 2. The molecule has 8 heteroatoms. The van der Waals surface area contributed by atoms with Crippen molar-refractivity contribution in [3.8, 4) is 11.5 Å². The Bertz CT molecular complexity index is 1170. The third-order valence-electron chi connectivity index (χ3n) is 4.70. The molecule has 0 spiro atoms. The van der Waals surface area contributed by atoms with Gasteiger partial charge in [-0.2, -0.15) is 0 Å². The van der Waals surface area contributed by atoms with Crippen molar-refractivity contribution in [1.82, 2.24) is 9.29 Å².